The molecule has 0 radical (unpaired) electrons. The quantitative estimate of drug-likeness (QED) is 0.645. The van der Waals surface area contributed by atoms with Gasteiger partial charge in [0.1, 0.15) is 0 Å². The van der Waals surface area contributed by atoms with Crippen LogP contribution in [0.4, 0.5) is 5.69 Å². The molecular weight excluding hydrogens is 216 g/mol. The van der Waals surface area contributed by atoms with Crippen molar-refractivity contribution in [3.05, 3.63) is 39.9 Å². The second kappa shape index (κ2) is 4.84. The average Bonchev–Trinajstić information content (AvgIpc) is 2.30. The van der Waals surface area contributed by atoms with Crippen LogP contribution in [0.15, 0.2) is 24.3 Å². The van der Waals surface area contributed by atoms with Gasteiger partial charge >= 0.3 is 0 Å². The second-order valence-electron chi connectivity index (χ2n) is 5.02. The van der Waals surface area contributed by atoms with Crippen LogP contribution in [-0.2, 0) is 6.42 Å². The Morgan fingerprint density at radius 3 is 2.29 bits per heavy atom. The Morgan fingerprint density at radius 2 is 1.76 bits per heavy atom. The van der Waals surface area contributed by atoms with Gasteiger partial charge < -0.3 is 5.73 Å². The van der Waals surface area contributed by atoms with Gasteiger partial charge in [-0.05, 0) is 24.8 Å². The highest BCUT2D eigenvalue weighted by atomic mass is 16.6. The molecule has 1 aromatic rings. The molecular formula is C13H18N2O2. The van der Waals surface area contributed by atoms with Gasteiger partial charge in [0.15, 0.2) is 0 Å². The van der Waals surface area contributed by atoms with Crippen molar-refractivity contribution in [1.82, 2.24) is 0 Å². The van der Waals surface area contributed by atoms with Crippen molar-refractivity contribution in [1.29, 1.82) is 0 Å². The standard InChI is InChI=1S/C13H18N2O2/c14-13(8-2-1-3-9-13)10-11-4-6-12(7-5-11)15(16)17/h4-7H,1-3,8-10,14H2. The molecule has 2 rings (SSSR count). The van der Waals surface area contributed by atoms with Crippen LogP contribution in [0, 0.1) is 10.1 Å². The van der Waals surface area contributed by atoms with Crippen LogP contribution in [0.25, 0.3) is 0 Å². The molecule has 1 aliphatic rings. The van der Waals surface area contributed by atoms with Crippen molar-refractivity contribution < 1.29 is 4.92 Å². The molecule has 0 saturated heterocycles. The van der Waals surface area contributed by atoms with Gasteiger partial charge in [0.2, 0.25) is 0 Å². The Bertz CT molecular complexity index is 394. The molecule has 1 aliphatic carbocycles. The zero-order valence-electron chi connectivity index (χ0n) is 9.89. The Balaban J connectivity index is 2.05. The largest absolute Gasteiger partial charge is 0.325 e. The minimum Gasteiger partial charge on any atom is -0.325 e. The molecule has 17 heavy (non-hydrogen) atoms. The van der Waals surface area contributed by atoms with Gasteiger partial charge in [0.25, 0.3) is 5.69 Å². The maximum Gasteiger partial charge on any atom is 0.269 e. The fourth-order valence-corrected chi connectivity index (χ4v) is 2.57. The van der Waals surface area contributed by atoms with E-state index < -0.39 is 0 Å². The summed E-state index contributed by atoms with van der Waals surface area (Å²) in [7, 11) is 0. The molecule has 4 heteroatoms. The van der Waals surface area contributed by atoms with E-state index in [0.717, 1.165) is 24.8 Å². The topological polar surface area (TPSA) is 69.2 Å². The second-order valence-corrected chi connectivity index (χ2v) is 5.02. The van der Waals surface area contributed by atoms with Gasteiger partial charge in [-0.1, -0.05) is 31.4 Å². The summed E-state index contributed by atoms with van der Waals surface area (Å²) in [5.41, 5.74) is 7.49. The summed E-state index contributed by atoms with van der Waals surface area (Å²) >= 11 is 0. The highest BCUT2D eigenvalue weighted by Gasteiger charge is 2.27. The van der Waals surface area contributed by atoms with Crippen molar-refractivity contribution in [2.45, 2.75) is 44.1 Å². The Hall–Kier alpha value is -1.42. The van der Waals surface area contributed by atoms with Crippen molar-refractivity contribution >= 4 is 5.69 Å². The molecule has 1 aromatic carbocycles. The van der Waals surface area contributed by atoms with Crippen LogP contribution in [0.3, 0.4) is 0 Å². The van der Waals surface area contributed by atoms with E-state index in [0.29, 0.717) is 0 Å². The molecule has 1 fully saturated rings. The molecule has 2 N–H and O–H groups in total. The molecule has 4 nitrogen and oxygen atoms in total. The number of non-ortho nitro benzene ring substituents is 1. The third kappa shape index (κ3) is 3.03. The highest BCUT2D eigenvalue weighted by Crippen LogP contribution is 2.29. The third-order valence-corrected chi connectivity index (χ3v) is 3.55. The molecule has 0 unspecified atom stereocenters. The highest BCUT2D eigenvalue weighted by molar-refractivity contribution is 5.33. The summed E-state index contributed by atoms with van der Waals surface area (Å²) in [6.07, 6.45) is 6.62. The molecule has 1 saturated carbocycles. The first kappa shape index (κ1) is 12.0. The zero-order chi connectivity index (χ0) is 12.3. The minimum absolute atomic E-state index is 0.103. The Kier molecular flexibility index (Phi) is 3.43. The summed E-state index contributed by atoms with van der Waals surface area (Å²) in [5.74, 6) is 0. The lowest BCUT2D eigenvalue weighted by Gasteiger charge is -2.33. The van der Waals surface area contributed by atoms with Crippen LogP contribution in [0.1, 0.15) is 37.7 Å². The van der Waals surface area contributed by atoms with Crippen LogP contribution in [0.5, 0.6) is 0 Å². The van der Waals surface area contributed by atoms with E-state index in [4.69, 9.17) is 5.73 Å². The molecule has 92 valence electrons. The molecule has 0 amide bonds. The lowest BCUT2D eigenvalue weighted by atomic mass is 9.78. The lowest BCUT2D eigenvalue weighted by molar-refractivity contribution is -0.384. The normalized spacial score (nSPS) is 18.9. The van der Waals surface area contributed by atoms with Crippen LogP contribution >= 0.6 is 0 Å². The van der Waals surface area contributed by atoms with Crippen molar-refractivity contribution in [3.8, 4) is 0 Å². The van der Waals surface area contributed by atoms with E-state index in [2.05, 4.69) is 0 Å². The van der Waals surface area contributed by atoms with E-state index in [1.165, 1.54) is 19.3 Å². The predicted octanol–water partition coefficient (Wildman–Crippen LogP) is 2.80. The average molecular weight is 234 g/mol. The Labute approximate surface area is 101 Å². The molecule has 0 bridgehead atoms. The van der Waals surface area contributed by atoms with E-state index in [1.54, 1.807) is 12.1 Å². The van der Waals surface area contributed by atoms with E-state index in [9.17, 15) is 10.1 Å². The first-order valence-electron chi connectivity index (χ1n) is 6.11. The fourth-order valence-electron chi connectivity index (χ4n) is 2.57. The molecule has 0 spiro atoms. The summed E-state index contributed by atoms with van der Waals surface area (Å²) in [4.78, 5) is 10.2. The van der Waals surface area contributed by atoms with Gasteiger partial charge in [0.05, 0.1) is 4.92 Å². The van der Waals surface area contributed by atoms with Crippen molar-refractivity contribution in [2.75, 3.05) is 0 Å². The SMILES string of the molecule is NC1(Cc2ccc([N+](=O)[O-])cc2)CCCCC1. The number of benzene rings is 1. The number of nitro groups is 1. The van der Waals surface area contributed by atoms with E-state index in [-0.39, 0.29) is 16.1 Å². The third-order valence-electron chi connectivity index (χ3n) is 3.55. The van der Waals surface area contributed by atoms with Gasteiger partial charge in [-0.15, -0.1) is 0 Å². The van der Waals surface area contributed by atoms with E-state index >= 15 is 0 Å². The summed E-state index contributed by atoms with van der Waals surface area (Å²) < 4.78 is 0. The molecule has 0 atom stereocenters. The van der Waals surface area contributed by atoms with Gasteiger partial charge in [-0.25, -0.2) is 0 Å². The maximum absolute atomic E-state index is 10.5. The Morgan fingerprint density at radius 1 is 1.18 bits per heavy atom. The smallest absolute Gasteiger partial charge is 0.269 e. The fraction of sp³-hybridized carbons (Fsp3) is 0.538. The first-order valence-corrected chi connectivity index (χ1v) is 6.11. The van der Waals surface area contributed by atoms with Crippen LogP contribution in [-0.4, -0.2) is 10.5 Å². The van der Waals surface area contributed by atoms with Crippen LogP contribution < -0.4 is 5.73 Å². The number of hydrogen-bond acceptors (Lipinski definition) is 3. The summed E-state index contributed by atoms with van der Waals surface area (Å²) in [5, 5.41) is 10.5. The molecule has 0 heterocycles. The first-order chi connectivity index (χ1) is 8.09. The zero-order valence-corrected chi connectivity index (χ0v) is 9.89. The number of rotatable bonds is 3. The molecule has 0 aliphatic heterocycles. The number of nitrogens with two attached hydrogens (primary N) is 1. The number of nitro benzene ring substituents is 1. The molecule has 0 aromatic heterocycles. The maximum atomic E-state index is 10.5. The van der Waals surface area contributed by atoms with Crippen LogP contribution in [0.2, 0.25) is 0 Å². The van der Waals surface area contributed by atoms with Gasteiger partial charge in [0, 0.05) is 17.7 Å². The van der Waals surface area contributed by atoms with Gasteiger partial charge in [-0.3, -0.25) is 10.1 Å². The van der Waals surface area contributed by atoms with E-state index in [1.807, 2.05) is 12.1 Å². The lowest BCUT2D eigenvalue weighted by Crippen LogP contribution is -2.43. The summed E-state index contributed by atoms with van der Waals surface area (Å²) in [6, 6.07) is 6.76. The predicted molar refractivity (Wildman–Crippen MR) is 66.8 cm³/mol. The van der Waals surface area contributed by atoms with Gasteiger partial charge in [-0.2, -0.15) is 0 Å². The van der Waals surface area contributed by atoms with Crippen molar-refractivity contribution in [2.24, 2.45) is 5.73 Å². The summed E-state index contributed by atoms with van der Waals surface area (Å²) in [6.45, 7) is 0. The van der Waals surface area contributed by atoms with Crippen molar-refractivity contribution in [3.63, 3.8) is 0 Å². The number of hydrogen-bond donors (Lipinski definition) is 1. The minimum atomic E-state index is -0.372. The number of nitrogens with zero attached hydrogens (tertiary/aromatic N) is 1. The monoisotopic (exact) mass is 234 g/mol.